The third-order valence-corrected chi connectivity index (χ3v) is 9.09. The number of sulfonamides is 1. The third-order valence-electron chi connectivity index (χ3n) is 6.20. The van der Waals surface area contributed by atoms with Gasteiger partial charge in [0.2, 0.25) is 16.8 Å². The van der Waals surface area contributed by atoms with Gasteiger partial charge in [-0.15, -0.1) is 6.42 Å². The first-order chi connectivity index (χ1) is 16.8. The first kappa shape index (κ1) is 23.6. The number of carbonyl (C=O) groups excluding carboxylic acids is 1. The summed E-state index contributed by atoms with van der Waals surface area (Å²) in [5.74, 6) is 3.99. The molecule has 1 saturated heterocycles. The number of rotatable bonds is 4. The maximum atomic E-state index is 13.1. The van der Waals surface area contributed by atoms with Crippen LogP contribution in [0.15, 0.2) is 46.3 Å². The maximum Gasteiger partial charge on any atom is 0.279 e. The molecular weight excluding hydrogens is 486 g/mol. The van der Waals surface area contributed by atoms with Crippen molar-refractivity contribution >= 4 is 37.5 Å². The molecule has 0 N–H and O–H groups in total. The van der Waals surface area contributed by atoms with E-state index < -0.39 is 15.9 Å². The lowest BCUT2D eigenvalue weighted by atomic mass is 9.94. The second kappa shape index (κ2) is 9.15. The molecule has 182 valence electrons. The average molecular weight is 512 g/mol. The molecule has 2 unspecified atom stereocenters. The van der Waals surface area contributed by atoms with Crippen LogP contribution in [0.2, 0.25) is 0 Å². The SMILES string of the molecule is C#CCn1c(=NC(=O)c2ccc(S(=O)(=O)N3CC(C)CC(C)C3)cc2)sc2cc3c(cc21)OCO3. The van der Waals surface area contributed by atoms with Crippen LogP contribution in [0.5, 0.6) is 11.5 Å². The van der Waals surface area contributed by atoms with E-state index in [4.69, 9.17) is 15.9 Å². The van der Waals surface area contributed by atoms with Crippen molar-refractivity contribution in [3.63, 3.8) is 0 Å². The van der Waals surface area contributed by atoms with E-state index in [9.17, 15) is 13.2 Å². The summed E-state index contributed by atoms with van der Waals surface area (Å²) in [6.07, 6.45) is 6.58. The van der Waals surface area contributed by atoms with Gasteiger partial charge in [-0.3, -0.25) is 4.79 Å². The number of piperidine rings is 1. The van der Waals surface area contributed by atoms with Crippen molar-refractivity contribution in [3.05, 3.63) is 46.8 Å². The van der Waals surface area contributed by atoms with Gasteiger partial charge in [-0.2, -0.15) is 9.30 Å². The van der Waals surface area contributed by atoms with Gasteiger partial charge in [0.25, 0.3) is 5.91 Å². The number of nitrogens with zero attached hydrogens (tertiary/aromatic N) is 3. The first-order valence-electron chi connectivity index (χ1n) is 11.3. The molecule has 3 aromatic rings. The van der Waals surface area contributed by atoms with Crippen molar-refractivity contribution in [2.75, 3.05) is 19.9 Å². The lowest BCUT2D eigenvalue weighted by Gasteiger charge is -2.34. The third kappa shape index (κ3) is 4.47. The van der Waals surface area contributed by atoms with Crippen LogP contribution in [0.1, 0.15) is 30.6 Å². The van der Waals surface area contributed by atoms with Crippen molar-refractivity contribution in [2.24, 2.45) is 16.8 Å². The molecule has 10 heteroatoms. The topological polar surface area (TPSA) is 90.2 Å². The number of hydrogen-bond acceptors (Lipinski definition) is 6. The molecule has 1 fully saturated rings. The number of ether oxygens (including phenoxy) is 2. The summed E-state index contributed by atoms with van der Waals surface area (Å²) in [7, 11) is -3.62. The van der Waals surface area contributed by atoms with Crippen LogP contribution in [-0.4, -0.2) is 43.1 Å². The molecule has 1 amide bonds. The number of benzene rings is 2. The van der Waals surface area contributed by atoms with E-state index in [0.29, 0.717) is 46.8 Å². The van der Waals surface area contributed by atoms with E-state index in [1.807, 2.05) is 12.1 Å². The van der Waals surface area contributed by atoms with Crippen LogP contribution < -0.4 is 14.3 Å². The minimum Gasteiger partial charge on any atom is -0.454 e. The highest BCUT2D eigenvalue weighted by atomic mass is 32.2. The summed E-state index contributed by atoms with van der Waals surface area (Å²) in [5.41, 5.74) is 1.10. The molecule has 3 heterocycles. The zero-order valence-electron chi connectivity index (χ0n) is 19.4. The van der Waals surface area contributed by atoms with Crippen LogP contribution in [-0.2, 0) is 16.6 Å². The Bertz CT molecular complexity index is 1500. The van der Waals surface area contributed by atoms with Crippen LogP contribution in [0.4, 0.5) is 0 Å². The van der Waals surface area contributed by atoms with Gasteiger partial charge in [0, 0.05) is 30.8 Å². The van der Waals surface area contributed by atoms with E-state index in [0.717, 1.165) is 16.6 Å². The van der Waals surface area contributed by atoms with Crippen LogP contribution >= 0.6 is 11.3 Å². The summed E-state index contributed by atoms with van der Waals surface area (Å²) in [6, 6.07) is 9.64. The Hall–Kier alpha value is -3.13. The molecule has 2 aromatic carbocycles. The molecule has 0 radical (unpaired) electrons. The molecular formula is C25H25N3O5S2. The first-order valence-corrected chi connectivity index (χ1v) is 13.6. The number of terminal acetylenes is 1. The Kier molecular flexibility index (Phi) is 6.17. The Morgan fingerprint density at radius 3 is 2.46 bits per heavy atom. The summed E-state index contributed by atoms with van der Waals surface area (Å²) >= 11 is 1.32. The highest BCUT2D eigenvalue weighted by Crippen LogP contribution is 2.37. The highest BCUT2D eigenvalue weighted by Gasteiger charge is 2.31. The average Bonchev–Trinajstić information content (AvgIpc) is 3.41. The fourth-order valence-electron chi connectivity index (χ4n) is 4.66. The van der Waals surface area contributed by atoms with Crippen molar-refractivity contribution in [1.29, 1.82) is 0 Å². The molecule has 2 aliphatic heterocycles. The number of thiazole rings is 1. The quantitative estimate of drug-likeness (QED) is 0.501. The molecule has 0 aliphatic carbocycles. The van der Waals surface area contributed by atoms with Gasteiger partial charge >= 0.3 is 0 Å². The number of carbonyl (C=O) groups is 1. The monoisotopic (exact) mass is 511 g/mol. The minimum atomic E-state index is -3.62. The molecule has 2 aliphatic rings. The summed E-state index contributed by atoms with van der Waals surface area (Å²) in [4.78, 5) is 17.9. The number of fused-ring (bicyclic) bond motifs is 2. The van der Waals surface area contributed by atoms with Gasteiger partial charge in [-0.05, 0) is 42.5 Å². The van der Waals surface area contributed by atoms with Gasteiger partial charge in [0.05, 0.1) is 21.7 Å². The van der Waals surface area contributed by atoms with Crippen molar-refractivity contribution in [3.8, 4) is 23.8 Å². The molecule has 5 rings (SSSR count). The van der Waals surface area contributed by atoms with Gasteiger partial charge < -0.3 is 14.0 Å². The minimum absolute atomic E-state index is 0.166. The fourth-order valence-corrected chi connectivity index (χ4v) is 7.38. The summed E-state index contributed by atoms with van der Waals surface area (Å²) < 4.78 is 41.3. The molecule has 0 saturated carbocycles. The Balaban J connectivity index is 1.45. The number of amides is 1. The second-order valence-corrected chi connectivity index (χ2v) is 12.0. The van der Waals surface area contributed by atoms with E-state index >= 15 is 0 Å². The molecule has 2 atom stereocenters. The van der Waals surface area contributed by atoms with E-state index in [1.54, 1.807) is 4.57 Å². The smallest absolute Gasteiger partial charge is 0.279 e. The summed E-state index contributed by atoms with van der Waals surface area (Å²) in [6.45, 7) is 5.53. The number of aromatic nitrogens is 1. The predicted octanol–water partition coefficient (Wildman–Crippen LogP) is 3.47. The van der Waals surface area contributed by atoms with Crippen molar-refractivity contribution < 1.29 is 22.7 Å². The van der Waals surface area contributed by atoms with Gasteiger partial charge in [0.1, 0.15) is 0 Å². The van der Waals surface area contributed by atoms with E-state index in [-0.39, 0.29) is 18.2 Å². The second-order valence-electron chi connectivity index (χ2n) is 9.06. The molecule has 0 spiro atoms. The van der Waals surface area contributed by atoms with Crippen molar-refractivity contribution in [1.82, 2.24) is 8.87 Å². The van der Waals surface area contributed by atoms with Crippen LogP contribution in [0.25, 0.3) is 10.2 Å². The lowest BCUT2D eigenvalue weighted by molar-refractivity contribution is 0.0997. The summed E-state index contributed by atoms with van der Waals surface area (Å²) in [5, 5.41) is 0. The zero-order chi connectivity index (χ0) is 24.7. The Morgan fingerprint density at radius 2 is 1.80 bits per heavy atom. The van der Waals surface area contributed by atoms with E-state index in [2.05, 4.69) is 24.8 Å². The molecule has 8 nitrogen and oxygen atoms in total. The maximum absolute atomic E-state index is 13.1. The normalized spacial score (nSPS) is 20.8. The Labute approximate surface area is 207 Å². The van der Waals surface area contributed by atoms with Crippen molar-refractivity contribution in [2.45, 2.75) is 31.7 Å². The van der Waals surface area contributed by atoms with Crippen LogP contribution in [0.3, 0.4) is 0 Å². The predicted molar refractivity (Wildman–Crippen MR) is 133 cm³/mol. The molecule has 0 bridgehead atoms. The van der Waals surface area contributed by atoms with Crippen LogP contribution in [0, 0.1) is 24.2 Å². The fraction of sp³-hybridized carbons (Fsp3) is 0.360. The molecule has 1 aromatic heterocycles. The largest absolute Gasteiger partial charge is 0.454 e. The van der Waals surface area contributed by atoms with Gasteiger partial charge in [-0.1, -0.05) is 31.1 Å². The van der Waals surface area contributed by atoms with E-state index in [1.165, 1.54) is 39.9 Å². The standard InChI is InChI=1S/C25H25N3O5S2/c1-4-9-28-20-11-21-22(33-15-32-21)12-23(20)34-25(28)26-24(29)18-5-7-19(8-6-18)35(30,31)27-13-16(2)10-17(3)14-27/h1,5-8,11-12,16-17H,9-10,13-15H2,2-3H3. The lowest BCUT2D eigenvalue weighted by Crippen LogP contribution is -2.42. The van der Waals surface area contributed by atoms with Gasteiger partial charge in [-0.25, -0.2) is 8.42 Å². The molecule has 35 heavy (non-hydrogen) atoms. The number of hydrogen-bond donors (Lipinski definition) is 0. The van der Waals surface area contributed by atoms with Gasteiger partial charge in [0.15, 0.2) is 16.3 Å². The Morgan fingerprint density at radius 1 is 1.14 bits per heavy atom. The zero-order valence-corrected chi connectivity index (χ0v) is 21.1. The highest BCUT2D eigenvalue weighted by molar-refractivity contribution is 7.89.